The lowest BCUT2D eigenvalue weighted by Crippen LogP contribution is -2.41. The van der Waals surface area contributed by atoms with Crippen molar-refractivity contribution in [1.82, 2.24) is 5.32 Å². The Kier molecular flexibility index (Phi) is 6.30. The van der Waals surface area contributed by atoms with Crippen LogP contribution in [0.1, 0.15) is 46.1 Å². The maximum Gasteiger partial charge on any atom is 0.408 e. The van der Waals surface area contributed by atoms with Crippen molar-refractivity contribution in [1.29, 1.82) is 0 Å². The second-order valence-electron chi connectivity index (χ2n) is 6.70. The highest BCUT2D eigenvalue weighted by Gasteiger charge is 2.26. The van der Waals surface area contributed by atoms with E-state index in [2.05, 4.69) is 10.6 Å². The molecule has 1 aliphatic rings. The van der Waals surface area contributed by atoms with Crippen molar-refractivity contribution in [2.75, 3.05) is 5.32 Å². The second-order valence-corrected chi connectivity index (χ2v) is 7.80. The SMILES string of the molecule is C[C@@H](NC(=O)OCc1ccccc1)C(=O)Nc1sc2c(c1C(N)=O)CCCC2. The molecule has 0 spiro atoms. The molecule has 1 aliphatic carbocycles. The van der Waals surface area contributed by atoms with E-state index in [1.165, 1.54) is 11.3 Å². The number of carbonyl (C=O) groups excluding carboxylic acids is 3. The molecule has 28 heavy (non-hydrogen) atoms. The zero-order valence-electron chi connectivity index (χ0n) is 15.6. The number of benzene rings is 1. The van der Waals surface area contributed by atoms with Gasteiger partial charge in [0, 0.05) is 4.88 Å². The second kappa shape index (κ2) is 8.88. The zero-order valence-corrected chi connectivity index (χ0v) is 16.4. The van der Waals surface area contributed by atoms with Crippen molar-refractivity contribution in [3.05, 3.63) is 51.9 Å². The van der Waals surface area contributed by atoms with Crippen LogP contribution in [0.2, 0.25) is 0 Å². The maximum absolute atomic E-state index is 12.5. The standard InChI is InChI=1S/C20H23N3O4S/c1-12(22-20(26)27-11-13-7-3-2-4-8-13)18(25)23-19-16(17(21)24)14-9-5-6-10-15(14)28-19/h2-4,7-8,12H,5-6,9-11H2,1H3,(H2,21,24)(H,22,26)(H,23,25)/t12-/m1/s1. The number of alkyl carbamates (subject to hydrolysis) is 1. The molecule has 2 aromatic rings. The van der Waals surface area contributed by atoms with Crippen LogP contribution < -0.4 is 16.4 Å². The van der Waals surface area contributed by atoms with Crippen molar-refractivity contribution in [3.8, 4) is 0 Å². The predicted molar refractivity (Wildman–Crippen MR) is 107 cm³/mol. The molecule has 3 amide bonds. The molecule has 1 atom stereocenters. The third kappa shape index (κ3) is 4.69. The van der Waals surface area contributed by atoms with Crippen LogP contribution in [0, 0.1) is 0 Å². The fourth-order valence-corrected chi connectivity index (χ4v) is 4.44. The van der Waals surface area contributed by atoms with Gasteiger partial charge in [-0.2, -0.15) is 0 Å². The minimum Gasteiger partial charge on any atom is -0.445 e. The van der Waals surface area contributed by atoms with Gasteiger partial charge in [-0.1, -0.05) is 30.3 Å². The van der Waals surface area contributed by atoms with Gasteiger partial charge < -0.3 is 21.1 Å². The predicted octanol–water partition coefficient (Wildman–Crippen LogP) is 2.98. The third-order valence-corrected chi connectivity index (χ3v) is 5.80. The maximum atomic E-state index is 12.5. The van der Waals surface area contributed by atoms with Gasteiger partial charge in [0.05, 0.1) is 5.56 Å². The van der Waals surface area contributed by atoms with E-state index in [0.29, 0.717) is 10.6 Å². The number of amides is 3. The minimum absolute atomic E-state index is 0.116. The van der Waals surface area contributed by atoms with Crippen LogP contribution >= 0.6 is 11.3 Å². The minimum atomic E-state index is -0.830. The first-order valence-corrected chi connectivity index (χ1v) is 9.99. The summed E-state index contributed by atoms with van der Waals surface area (Å²) in [6, 6.07) is 8.43. The smallest absolute Gasteiger partial charge is 0.408 e. The lowest BCUT2D eigenvalue weighted by atomic mass is 9.95. The van der Waals surface area contributed by atoms with Gasteiger partial charge in [0.25, 0.3) is 5.91 Å². The van der Waals surface area contributed by atoms with Crippen molar-refractivity contribution in [3.63, 3.8) is 0 Å². The highest BCUT2D eigenvalue weighted by molar-refractivity contribution is 7.17. The topological polar surface area (TPSA) is 111 Å². The molecule has 0 fully saturated rings. The van der Waals surface area contributed by atoms with Gasteiger partial charge in [0.2, 0.25) is 5.91 Å². The summed E-state index contributed by atoms with van der Waals surface area (Å²) in [6.07, 6.45) is 3.05. The van der Waals surface area contributed by atoms with Gasteiger partial charge in [-0.25, -0.2) is 4.79 Å². The molecule has 148 valence electrons. The number of hydrogen-bond acceptors (Lipinski definition) is 5. The molecule has 0 saturated carbocycles. The average molecular weight is 401 g/mol. The Bertz CT molecular complexity index is 879. The van der Waals surface area contributed by atoms with Crippen LogP contribution in [0.15, 0.2) is 30.3 Å². The summed E-state index contributed by atoms with van der Waals surface area (Å²) in [5.41, 5.74) is 7.73. The fourth-order valence-electron chi connectivity index (χ4n) is 3.14. The number of thiophene rings is 1. The van der Waals surface area contributed by atoms with Gasteiger partial charge in [-0.15, -0.1) is 11.3 Å². The average Bonchev–Trinajstić information content (AvgIpc) is 3.05. The molecule has 0 saturated heterocycles. The molecule has 1 aromatic heterocycles. The summed E-state index contributed by atoms with van der Waals surface area (Å²) in [5, 5.41) is 5.69. The highest BCUT2D eigenvalue weighted by atomic mass is 32.1. The van der Waals surface area contributed by atoms with Crippen molar-refractivity contribution < 1.29 is 19.1 Å². The molecule has 0 radical (unpaired) electrons. The zero-order chi connectivity index (χ0) is 20.1. The van der Waals surface area contributed by atoms with Crippen molar-refractivity contribution >= 4 is 34.2 Å². The number of primary amides is 1. The lowest BCUT2D eigenvalue weighted by Gasteiger charge is -2.14. The van der Waals surface area contributed by atoms with Crippen LogP contribution in [-0.4, -0.2) is 23.9 Å². The number of anilines is 1. The number of aryl methyl sites for hydroxylation is 1. The van der Waals surface area contributed by atoms with Gasteiger partial charge in [-0.05, 0) is 43.7 Å². The molecule has 0 bridgehead atoms. The Hall–Kier alpha value is -2.87. The van der Waals surface area contributed by atoms with E-state index in [-0.39, 0.29) is 6.61 Å². The van der Waals surface area contributed by atoms with E-state index in [0.717, 1.165) is 41.7 Å². The van der Waals surface area contributed by atoms with E-state index in [4.69, 9.17) is 10.5 Å². The Morgan fingerprint density at radius 3 is 2.61 bits per heavy atom. The molecule has 1 heterocycles. The molecule has 1 aromatic carbocycles. The number of nitrogens with one attached hydrogen (secondary N) is 2. The monoisotopic (exact) mass is 401 g/mol. The Labute approximate surface area is 167 Å². The summed E-state index contributed by atoms with van der Waals surface area (Å²) in [5.74, 6) is -0.977. The van der Waals surface area contributed by atoms with Gasteiger partial charge in [0.15, 0.2) is 0 Å². The molecular formula is C20H23N3O4S. The first kappa shape index (κ1) is 19.9. The van der Waals surface area contributed by atoms with E-state index >= 15 is 0 Å². The summed E-state index contributed by atoms with van der Waals surface area (Å²) >= 11 is 1.39. The van der Waals surface area contributed by atoms with E-state index in [1.54, 1.807) is 6.92 Å². The number of rotatable bonds is 6. The van der Waals surface area contributed by atoms with Crippen molar-refractivity contribution in [2.45, 2.75) is 45.3 Å². The van der Waals surface area contributed by atoms with E-state index in [1.807, 2.05) is 30.3 Å². The number of hydrogen-bond donors (Lipinski definition) is 3. The van der Waals surface area contributed by atoms with Crippen LogP contribution in [0.5, 0.6) is 0 Å². The summed E-state index contributed by atoms with van der Waals surface area (Å²) in [7, 11) is 0. The first-order valence-electron chi connectivity index (χ1n) is 9.18. The Morgan fingerprint density at radius 1 is 1.18 bits per heavy atom. The van der Waals surface area contributed by atoms with Gasteiger partial charge in [-0.3, -0.25) is 9.59 Å². The molecule has 8 heteroatoms. The van der Waals surface area contributed by atoms with Gasteiger partial charge >= 0.3 is 6.09 Å². The molecular weight excluding hydrogens is 378 g/mol. The largest absolute Gasteiger partial charge is 0.445 e. The number of nitrogens with two attached hydrogens (primary N) is 1. The quantitative estimate of drug-likeness (QED) is 0.691. The Balaban J connectivity index is 1.59. The molecule has 4 N–H and O–H groups in total. The normalized spacial score (nSPS) is 13.9. The molecule has 0 aliphatic heterocycles. The third-order valence-electron chi connectivity index (χ3n) is 4.59. The van der Waals surface area contributed by atoms with E-state index in [9.17, 15) is 14.4 Å². The van der Waals surface area contributed by atoms with Crippen LogP contribution in [0.25, 0.3) is 0 Å². The number of ether oxygens (including phenoxy) is 1. The molecule has 0 unspecified atom stereocenters. The number of carbonyl (C=O) groups is 3. The van der Waals surface area contributed by atoms with Crippen LogP contribution in [-0.2, 0) is 29.0 Å². The molecule has 7 nitrogen and oxygen atoms in total. The van der Waals surface area contributed by atoms with E-state index < -0.39 is 23.9 Å². The fraction of sp³-hybridized carbons (Fsp3) is 0.350. The number of fused-ring (bicyclic) bond motifs is 1. The summed E-state index contributed by atoms with van der Waals surface area (Å²) in [6.45, 7) is 1.67. The lowest BCUT2D eigenvalue weighted by molar-refractivity contribution is -0.117. The summed E-state index contributed by atoms with van der Waals surface area (Å²) in [4.78, 5) is 37.4. The first-order chi connectivity index (χ1) is 13.5. The van der Waals surface area contributed by atoms with Gasteiger partial charge in [0.1, 0.15) is 17.6 Å². The van der Waals surface area contributed by atoms with Crippen molar-refractivity contribution in [2.24, 2.45) is 5.73 Å². The van der Waals surface area contributed by atoms with Crippen LogP contribution in [0.4, 0.5) is 9.80 Å². The van der Waals surface area contributed by atoms with Crippen LogP contribution in [0.3, 0.4) is 0 Å². The highest BCUT2D eigenvalue weighted by Crippen LogP contribution is 2.37. The summed E-state index contributed by atoms with van der Waals surface area (Å²) < 4.78 is 5.13. The Morgan fingerprint density at radius 2 is 1.89 bits per heavy atom. The molecule has 3 rings (SSSR count).